The number of amides is 1. The van der Waals surface area contributed by atoms with Gasteiger partial charge in [-0.05, 0) is 18.2 Å². The average Bonchev–Trinajstić information content (AvgIpc) is 2.74. The summed E-state index contributed by atoms with van der Waals surface area (Å²) in [5.74, 6) is -1.01. The molecule has 0 saturated heterocycles. The van der Waals surface area contributed by atoms with E-state index in [1.807, 2.05) is 0 Å². The van der Waals surface area contributed by atoms with Crippen LogP contribution in [0.15, 0.2) is 24.4 Å². The zero-order chi connectivity index (χ0) is 11.5. The van der Waals surface area contributed by atoms with Crippen molar-refractivity contribution in [3.8, 4) is 11.5 Å². The van der Waals surface area contributed by atoms with Crippen LogP contribution in [0.25, 0.3) is 0 Å². The third-order valence-electron chi connectivity index (χ3n) is 1.84. The second-order valence-corrected chi connectivity index (χ2v) is 3.73. The van der Waals surface area contributed by atoms with Crippen LogP contribution >= 0.6 is 11.5 Å². The highest BCUT2D eigenvalue weighted by molar-refractivity contribution is 7.10. The van der Waals surface area contributed by atoms with Crippen LogP contribution in [-0.2, 0) is 0 Å². The fourth-order valence-corrected chi connectivity index (χ4v) is 1.49. The van der Waals surface area contributed by atoms with Gasteiger partial charge in [0.25, 0.3) is 5.91 Å². The van der Waals surface area contributed by atoms with Gasteiger partial charge in [-0.25, -0.2) is 0 Å². The molecule has 0 fully saturated rings. The third-order valence-corrected chi connectivity index (χ3v) is 2.42. The number of aromatic nitrogens is 2. The van der Waals surface area contributed by atoms with E-state index < -0.39 is 5.91 Å². The van der Waals surface area contributed by atoms with Crippen LogP contribution in [0.2, 0.25) is 0 Å². The number of nitrogens with one attached hydrogen (secondary N) is 1. The molecule has 0 radical (unpaired) electrons. The molecular formula is C9H7N3O3S. The fraction of sp³-hybridized carbons (Fsp3) is 0. The van der Waals surface area contributed by atoms with E-state index in [2.05, 4.69) is 14.9 Å². The molecule has 82 valence electrons. The van der Waals surface area contributed by atoms with Crippen molar-refractivity contribution in [2.75, 3.05) is 5.32 Å². The maximum Gasteiger partial charge on any atom is 0.256 e. The summed E-state index contributed by atoms with van der Waals surface area (Å²) in [6.07, 6.45) is 1.42. The second-order valence-electron chi connectivity index (χ2n) is 2.94. The van der Waals surface area contributed by atoms with Gasteiger partial charge < -0.3 is 15.5 Å². The quantitative estimate of drug-likeness (QED) is 0.682. The first-order chi connectivity index (χ1) is 7.66. The number of anilines is 1. The lowest BCUT2D eigenvalue weighted by atomic mass is 10.2. The van der Waals surface area contributed by atoms with Gasteiger partial charge in [0.15, 0.2) is 11.5 Å². The molecule has 0 unspecified atom stereocenters. The largest absolute Gasteiger partial charge is 0.504 e. The molecule has 2 rings (SSSR count). The van der Waals surface area contributed by atoms with Gasteiger partial charge >= 0.3 is 0 Å². The van der Waals surface area contributed by atoms with Crippen LogP contribution in [0.4, 0.5) is 5.00 Å². The van der Waals surface area contributed by atoms with Gasteiger partial charge in [0.05, 0.1) is 6.20 Å². The van der Waals surface area contributed by atoms with E-state index in [1.165, 1.54) is 24.4 Å². The predicted molar refractivity (Wildman–Crippen MR) is 57.6 cm³/mol. The Labute approximate surface area is 94.3 Å². The molecule has 0 atom stereocenters. The van der Waals surface area contributed by atoms with Crippen molar-refractivity contribution in [1.82, 2.24) is 9.59 Å². The lowest BCUT2D eigenvalue weighted by Crippen LogP contribution is -2.10. The van der Waals surface area contributed by atoms with Crippen LogP contribution in [0.3, 0.4) is 0 Å². The van der Waals surface area contributed by atoms with Crippen molar-refractivity contribution < 1.29 is 15.0 Å². The number of carbonyl (C=O) groups excluding carboxylic acids is 1. The fourth-order valence-electron chi connectivity index (χ4n) is 1.07. The van der Waals surface area contributed by atoms with Crippen molar-refractivity contribution in [3.63, 3.8) is 0 Å². The van der Waals surface area contributed by atoms with Gasteiger partial charge in [-0.15, -0.1) is 5.10 Å². The number of hydrogen-bond acceptors (Lipinski definition) is 6. The molecule has 1 heterocycles. The summed E-state index contributed by atoms with van der Waals surface area (Å²) in [5.41, 5.74) is 0.240. The molecule has 0 spiro atoms. The number of benzene rings is 1. The average molecular weight is 237 g/mol. The molecule has 0 saturated carbocycles. The van der Waals surface area contributed by atoms with Gasteiger partial charge in [-0.3, -0.25) is 4.79 Å². The van der Waals surface area contributed by atoms with E-state index in [-0.39, 0.29) is 17.1 Å². The van der Waals surface area contributed by atoms with Crippen molar-refractivity contribution in [2.45, 2.75) is 0 Å². The Morgan fingerprint density at radius 2 is 2.12 bits per heavy atom. The van der Waals surface area contributed by atoms with Gasteiger partial charge in [0, 0.05) is 17.1 Å². The Kier molecular flexibility index (Phi) is 2.69. The first-order valence-corrected chi connectivity index (χ1v) is 5.05. The standard InChI is InChI=1S/C9H7N3O3S/c13-6-2-1-5(3-7(6)14)9(15)11-8-4-10-12-16-8/h1-4,13-14H,(H,11,15). The topological polar surface area (TPSA) is 95.3 Å². The number of carbonyl (C=O) groups is 1. The summed E-state index contributed by atoms with van der Waals surface area (Å²) in [4.78, 5) is 11.6. The molecule has 7 heteroatoms. The van der Waals surface area contributed by atoms with E-state index >= 15 is 0 Å². The van der Waals surface area contributed by atoms with Crippen LogP contribution in [0, 0.1) is 0 Å². The molecule has 0 aliphatic heterocycles. The SMILES string of the molecule is O=C(Nc1cnns1)c1ccc(O)c(O)c1. The maximum absolute atomic E-state index is 11.6. The number of aromatic hydroxyl groups is 2. The lowest BCUT2D eigenvalue weighted by Gasteiger charge is -2.03. The van der Waals surface area contributed by atoms with E-state index in [1.54, 1.807) is 0 Å². The summed E-state index contributed by atoms with van der Waals surface area (Å²) in [6.45, 7) is 0. The third kappa shape index (κ3) is 2.09. The van der Waals surface area contributed by atoms with Crippen molar-refractivity contribution in [1.29, 1.82) is 0 Å². The number of hydrogen-bond donors (Lipinski definition) is 3. The van der Waals surface area contributed by atoms with E-state index in [0.29, 0.717) is 5.00 Å². The van der Waals surface area contributed by atoms with Gasteiger partial charge in [-0.2, -0.15) is 0 Å². The highest BCUT2D eigenvalue weighted by Crippen LogP contribution is 2.25. The first kappa shape index (κ1) is 10.4. The Morgan fingerprint density at radius 1 is 1.31 bits per heavy atom. The first-order valence-electron chi connectivity index (χ1n) is 4.27. The minimum Gasteiger partial charge on any atom is -0.504 e. The molecule has 1 aromatic carbocycles. The minimum atomic E-state index is -0.402. The molecule has 2 aromatic rings. The predicted octanol–water partition coefficient (Wildman–Crippen LogP) is 1.20. The molecular weight excluding hydrogens is 230 g/mol. The molecule has 16 heavy (non-hydrogen) atoms. The molecule has 1 aromatic heterocycles. The molecule has 6 nitrogen and oxygen atoms in total. The Balaban J connectivity index is 2.18. The Hall–Kier alpha value is -2.15. The molecule has 0 bridgehead atoms. The van der Waals surface area contributed by atoms with Crippen molar-refractivity contribution in [2.24, 2.45) is 0 Å². The molecule has 1 amide bonds. The number of phenolic OH excluding ortho intramolecular Hbond substituents is 2. The van der Waals surface area contributed by atoms with Crippen LogP contribution in [-0.4, -0.2) is 25.7 Å². The number of nitrogens with zero attached hydrogens (tertiary/aromatic N) is 2. The Morgan fingerprint density at radius 3 is 2.75 bits per heavy atom. The highest BCUT2D eigenvalue weighted by atomic mass is 32.1. The van der Waals surface area contributed by atoms with Gasteiger partial charge in [-0.1, -0.05) is 4.49 Å². The summed E-state index contributed by atoms with van der Waals surface area (Å²) in [6, 6.07) is 3.83. The zero-order valence-corrected chi connectivity index (χ0v) is 8.73. The summed E-state index contributed by atoms with van der Waals surface area (Å²) < 4.78 is 3.59. The Bertz CT molecular complexity index is 513. The van der Waals surface area contributed by atoms with E-state index in [0.717, 1.165) is 11.5 Å². The lowest BCUT2D eigenvalue weighted by molar-refractivity contribution is 0.102. The van der Waals surface area contributed by atoms with E-state index in [4.69, 9.17) is 5.11 Å². The molecule has 0 aliphatic carbocycles. The van der Waals surface area contributed by atoms with Crippen molar-refractivity contribution in [3.05, 3.63) is 30.0 Å². The molecule has 0 aliphatic rings. The second kappa shape index (κ2) is 4.15. The normalized spacial score (nSPS) is 10.0. The maximum atomic E-state index is 11.6. The monoisotopic (exact) mass is 237 g/mol. The van der Waals surface area contributed by atoms with Gasteiger partial charge in [0.2, 0.25) is 0 Å². The highest BCUT2D eigenvalue weighted by Gasteiger charge is 2.09. The smallest absolute Gasteiger partial charge is 0.256 e. The van der Waals surface area contributed by atoms with Crippen molar-refractivity contribution >= 4 is 22.4 Å². The summed E-state index contributed by atoms with van der Waals surface area (Å²) >= 11 is 1.05. The minimum absolute atomic E-state index is 0.240. The zero-order valence-electron chi connectivity index (χ0n) is 7.91. The van der Waals surface area contributed by atoms with Gasteiger partial charge in [0.1, 0.15) is 5.00 Å². The summed E-state index contributed by atoms with van der Waals surface area (Å²) in [5, 5.41) is 24.9. The number of rotatable bonds is 2. The van der Waals surface area contributed by atoms with E-state index in [9.17, 15) is 9.90 Å². The van der Waals surface area contributed by atoms with Crippen LogP contribution in [0.5, 0.6) is 11.5 Å². The molecule has 3 N–H and O–H groups in total. The summed E-state index contributed by atoms with van der Waals surface area (Å²) in [7, 11) is 0. The van der Waals surface area contributed by atoms with Crippen LogP contribution in [0.1, 0.15) is 10.4 Å². The number of phenols is 2. The van der Waals surface area contributed by atoms with Crippen LogP contribution < -0.4 is 5.32 Å².